The van der Waals surface area contributed by atoms with Gasteiger partial charge >= 0.3 is 0 Å². The fourth-order valence-corrected chi connectivity index (χ4v) is 2.90. The Morgan fingerprint density at radius 3 is 2.85 bits per heavy atom. The van der Waals surface area contributed by atoms with E-state index in [1.807, 2.05) is 59.0 Å². The zero-order valence-electron chi connectivity index (χ0n) is 14.7. The number of thiocarbonyl (C=S) groups is 1. The lowest BCUT2D eigenvalue weighted by Crippen LogP contribution is -2.28. The average molecular weight is 389 g/mol. The van der Waals surface area contributed by atoms with Crippen molar-refractivity contribution in [1.82, 2.24) is 24.9 Å². The molecule has 0 bridgehead atoms. The Morgan fingerprint density at radius 1 is 1.31 bits per heavy atom. The van der Waals surface area contributed by atoms with Crippen LogP contribution in [0.4, 0.5) is 5.82 Å². The number of hydrogen-bond donors (Lipinski definition) is 2. The molecule has 26 heavy (non-hydrogen) atoms. The zero-order valence-corrected chi connectivity index (χ0v) is 16.3. The van der Waals surface area contributed by atoms with E-state index in [0.29, 0.717) is 24.0 Å². The first-order valence-electron chi connectivity index (χ1n) is 8.39. The van der Waals surface area contributed by atoms with Crippen LogP contribution in [0.2, 0.25) is 5.02 Å². The summed E-state index contributed by atoms with van der Waals surface area (Å²) in [6.45, 7) is 6.14. The molecule has 0 radical (unpaired) electrons. The molecular formula is C18H21ClN6S. The lowest BCUT2D eigenvalue weighted by atomic mass is 10.2. The summed E-state index contributed by atoms with van der Waals surface area (Å²) in [6.07, 6.45) is 3.83. The van der Waals surface area contributed by atoms with E-state index in [2.05, 4.69) is 27.8 Å². The molecule has 6 nitrogen and oxygen atoms in total. The van der Waals surface area contributed by atoms with Crippen molar-refractivity contribution in [3.8, 4) is 0 Å². The molecule has 0 fully saturated rings. The number of rotatable bonds is 6. The predicted molar refractivity (Wildman–Crippen MR) is 108 cm³/mol. The van der Waals surface area contributed by atoms with Gasteiger partial charge in [0.25, 0.3) is 0 Å². The first-order valence-corrected chi connectivity index (χ1v) is 9.18. The Bertz CT molecular complexity index is 901. The summed E-state index contributed by atoms with van der Waals surface area (Å²) < 4.78 is 3.78. The van der Waals surface area contributed by atoms with E-state index in [1.165, 1.54) is 0 Å². The molecule has 2 heterocycles. The van der Waals surface area contributed by atoms with Gasteiger partial charge in [-0.2, -0.15) is 10.2 Å². The fraction of sp³-hybridized carbons (Fsp3) is 0.278. The zero-order chi connectivity index (χ0) is 18.5. The molecule has 0 aliphatic carbocycles. The molecule has 3 aromatic rings. The molecule has 8 heteroatoms. The highest BCUT2D eigenvalue weighted by atomic mass is 35.5. The van der Waals surface area contributed by atoms with Gasteiger partial charge in [-0.15, -0.1) is 0 Å². The van der Waals surface area contributed by atoms with Crippen molar-refractivity contribution in [2.75, 3.05) is 5.32 Å². The number of nitrogens with zero attached hydrogens (tertiary/aromatic N) is 4. The van der Waals surface area contributed by atoms with Crippen LogP contribution >= 0.6 is 23.8 Å². The van der Waals surface area contributed by atoms with Crippen LogP contribution in [0.5, 0.6) is 0 Å². The number of hydrogen-bond acceptors (Lipinski definition) is 3. The van der Waals surface area contributed by atoms with Crippen molar-refractivity contribution in [1.29, 1.82) is 0 Å². The first kappa shape index (κ1) is 18.4. The number of halogens is 1. The molecule has 0 saturated carbocycles. The maximum absolute atomic E-state index is 6.23. The second kappa shape index (κ2) is 8.33. The van der Waals surface area contributed by atoms with Gasteiger partial charge in [-0.1, -0.05) is 29.8 Å². The third kappa shape index (κ3) is 4.62. The quantitative estimate of drug-likeness (QED) is 0.632. The minimum Gasteiger partial charge on any atom is -0.358 e. The van der Waals surface area contributed by atoms with E-state index < -0.39 is 0 Å². The number of nitrogens with one attached hydrogen (secondary N) is 2. The summed E-state index contributed by atoms with van der Waals surface area (Å²) in [5.74, 6) is 0.705. The van der Waals surface area contributed by atoms with Crippen molar-refractivity contribution in [2.24, 2.45) is 0 Å². The topological polar surface area (TPSA) is 59.7 Å². The molecule has 3 rings (SSSR count). The van der Waals surface area contributed by atoms with E-state index in [-0.39, 0.29) is 0 Å². The summed E-state index contributed by atoms with van der Waals surface area (Å²) in [5, 5.41) is 16.4. The molecule has 1 aromatic carbocycles. The largest absolute Gasteiger partial charge is 0.358 e. The van der Waals surface area contributed by atoms with Gasteiger partial charge < -0.3 is 10.6 Å². The van der Waals surface area contributed by atoms with Crippen LogP contribution in [0.1, 0.15) is 23.7 Å². The molecule has 2 N–H and O–H groups in total. The van der Waals surface area contributed by atoms with Crippen molar-refractivity contribution in [3.63, 3.8) is 0 Å². The standard InChI is InChI=1S/C18H21ClN6S/c1-3-24-11-14(10-21-24)9-20-18(26)22-17-8-13(2)25(23-17)12-15-6-4-5-7-16(15)19/h4-8,10-11H,3,9,12H2,1-2H3,(H2,20,22,23,26). The molecule has 2 aromatic heterocycles. The Morgan fingerprint density at radius 2 is 2.12 bits per heavy atom. The summed E-state index contributed by atoms with van der Waals surface area (Å²) >= 11 is 11.6. The normalized spacial score (nSPS) is 10.7. The van der Waals surface area contributed by atoms with Crippen LogP contribution < -0.4 is 10.6 Å². The van der Waals surface area contributed by atoms with E-state index in [4.69, 9.17) is 23.8 Å². The monoisotopic (exact) mass is 388 g/mol. The highest BCUT2D eigenvalue weighted by Crippen LogP contribution is 2.18. The second-order valence-corrected chi connectivity index (χ2v) is 6.75. The van der Waals surface area contributed by atoms with E-state index >= 15 is 0 Å². The Balaban J connectivity index is 1.58. The van der Waals surface area contributed by atoms with Gasteiger partial charge in [0.15, 0.2) is 10.9 Å². The van der Waals surface area contributed by atoms with Gasteiger partial charge in [-0.05, 0) is 37.7 Å². The fourth-order valence-electron chi connectivity index (χ4n) is 2.53. The third-order valence-corrected chi connectivity index (χ3v) is 4.58. The maximum atomic E-state index is 6.23. The lowest BCUT2D eigenvalue weighted by Gasteiger charge is -2.08. The smallest absolute Gasteiger partial charge is 0.172 e. The molecule has 0 unspecified atom stereocenters. The van der Waals surface area contributed by atoms with Gasteiger partial charge in [-0.3, -0.25) is 9.36 Å². The van der Waals surface area contributed by atoms with Gasteiger partial charge in [0, 0.05) is 41.6 Å². The molecular weight excluding hydrogens is 368 g/mol. The lowest BCUT2D eigenvalue weighted by molar-refractivity contribution is 0.659. The number of benzene rings is 1. The summed E-state index contributed by atoms with van der Waals surface area (Å²) in [4.78, 5) is 0. The average Bonchev–Trinajstić information content (AvgIpc) is 3.22. The first-order chi connectivity index (χ1) is 12.5. The van der Waals surface area contributed by atoms with Crippen LogP contribution in [0.15, 0.2) is 42.7 Å². The van der Waals surface area contributed by atoms with Gasteiger partial charge in [0.05, 0.1) is 12.7 Å². The summed E-state index contributed by atoms with van der Waals surface area (Å²) in [6, 6.07) is 9.73. The van der Waals surface area contributed by atoms with Crippen LogP contribution in [-0.2, 0) is 19.6 Å². The van der Waals surface area contributed by atoms with Gasteiger partial charge in [0.1, 0.15) is 0 Å². The third-order valence-electron chi connectivity index (χ3n) is 3.96. The molecule has 0 aliphatic heterocycles. The second-order valence-electron chi connectivity index (χ2n) is 5.93. The number of aromatic nitrogens is 4. The van der Waals surface area contributed by atoms with Crippen molar-refractivity contribution in [3.05, 3.63) is 64.6 Å². The number of aryl methyl sites for hydroxylation is 2. The van der Waals surface area contributed by atoms with Gasteiger partial charge in [-0.25, -0.2) is 0 Å². The van der Waals surface area contributed by atoms with Gasteiger partial charge in [0.2, 0.25) is 0 Å². The maximum Gasteiger partial charge on any atom is 0.172 e. The Labute approximate surface area is 163 Å². The van der Waals surface area contributed by atoms with Crippen molar-refractivity contribution < 1.29 is 0 Å². The number of anilines is 1. The molecule has 0 atom stereocenters. The molecule has 136 valence electrons. The summed E-state index contributed by atoms with van der Waals surface area (Å²) in [5.41, 5.74) is 3.14. The highest BCUT2D eigenvalue weighted by Gasteiger charge is 2.08. The minimum atomic E-state index is 0.525. The highest BCUT2D eigenvalue weighted by molar-refractivity contribution is 7.80. The Kier molecular flexibility index (Phi) is 5.90. The molecule has 0 aliphatic rings. The van der Waals surface area contributed by atoms with Crippen molar-refractivity contribution >= 4 is 34.7 Å². The van der Waals surface area contributed by atoms with Crippen LogP contribution in [0.3, 0.4) is 0 Å². The minimum absolute atomic E-state index is 0.525. The molecule has 0 amide bonds. The molecule has 0 saturated heterocycles. The Hall–Kier alpha value is -2.38. The predicted octanol–water partition coefficient (Wildman–Crippen LogP) is 3.60. The van der Waals surface area contributed by atoms with Crippen LogP contribution in [-0.4, -0.2) is 24.7 Å². The van der Waals surface area contributed by atoms with E-state index in [9.17, 15) is 0 Å². The van der Waals surface area contributed by atoms with Crippen molar-refractivity contribution in [2.45, 2.75) is 33.5 Å². The van der Waals surface area contributed by atoms with E-state index in [1.54, 1.807) is 0 Å². The SMILES string of the molecule is CCn1cc(CNC(=S)Nc2cc(C)n(Cc3ccccc3Cl)n2)cn1. The summed E-state index contributed by atoms with van der Waals surface area (Å²) in [7, 11) is 0. The molecule has 0 spiro atoms. The van der Waals surface area contributed by atoms with E-state index in [0.717, 1.165) is 28.4 Å². The van der Waals surface area contributed by atoms with Crippen LogP contribution in [0, 0.1) is 6.92 Å². The van der Waals surface area contributed by atoms with Crippen LogP contribution in [0.25, 0.3) is 0 Å².